The van der Waals surface area contributed by atoms with Gasteiger partial charge in [0, 0.05) is 18.0 Å². The highest BCUT2D eigenvalue weighted by molar-refractivity contribution is 7.12. The number of nitrogens with one attached hydrogen (secondary N) is 1. The first-order valence-electron chi connectivity index (χ1n) is 7.21. The minimum Gasteiger partial charge on any atom is -0.465 e. The van der Waals surface area contributed by atoms with Crippen LogP contribution in [0.3, 0.4) is 0 Å². The summed E-state index contributed by atoms with van der Waals surface area (Å²) in [6.45, 7) is 0.645. The third-order valence-electron chi connectivity index (χ3n) is 3.40. The minimum absolute atomic E-state index is 0.274. The monoisotopic (exact) mass is 341 g/mol. The van der Waals surface area contributed by atoms with Crippen LogP contribution in [-0.4, -0.2) is 28.8 Å². The van der Waals surface area contributed by atoms with E-state index in [9.17, 15) is 9.59 Å². The molecule has 0 bridgehead atoms. The van der Waals surface area contributed by atoms with Crippen molar-refractivity contribution in [2.24, 2.45) is 0 Å². The molecule has 0 fully saturated rings. The number of methoxy groups -OCH3 is 1. The lowest BCUT2D eigenvalue weighted by atomic mass is 10.1. The summed E-state index contributed by atoms with van der Waals surface area (Å²) >= 11 is 1.22. The molecule has 1 aromatic carbocycles. The number of aromatic nitrogens is 2. The molecule has 1 amide bonds. The van der Waals surface area contributed by atoms with E-state index in [1.807, 2.05) is 29.1 Å². The van der Waals surface area contributed by atoms with Crippen molar-refractivity contribution < 1.29 is 14.3 Å². The number of rotatable bonds is 5. The van der Waals surface area contributed by atoms with E-state index >= 15 is 0 Å². The van der Waals surface area contributed by atoms with Gasteiger partial charge in [0.2, 0.25) is 0 Å². The molecular weight excluding hydrogens is 326 g/mol. The number of esters is 1. The number of hydrogen-bond donors (Lipinski definition) is 1. The lowest BCUT2D eigenvalue weighted by Gasteiger charge is -2.07. The lowest BCUT2D eigenvalue weighted by molar-refractivity contribution is 0.0607. The predicted molar refractivity (Wildman–Crippen MR) is 91.4 cm³/mol. The smallest absolute Gasteiger partial charge is 0.350 e. The van der Waals surface area contributed by atoms with Crippen molar-refractivity contribution in [1.82, 2.24) is 9.78 Å². The van der Waals surface area contributed by atoms with Crippen molar-refractivity contribution in [1.29, 1.82) is 0 Å². The highest BCUT2D eigenvalue weighted by Gasteiger charge is 2.16. The Balaban J connectivity index is 1.69. The molecule has 0 spiro atoms. The van der Waals surface area contributed by atoms with Crippen LogP contribution in [0.15, 0.2) is 54.2 Å². The molecule has 24 heavy (non-hydrogen) atoms. The van der Waals surface area contributed by atoms with Gasteiger partial charge < -0.3 is 10.1 Å². The average molecular weight is 341 g/mol. The van der Waals surface area contributed by atoms with E-state index in [0.717, 1.165) is 5.56 Å². The molecule has 0 aliphatic rings. The average Bonchev–Trinajstić information content (AvgIpc) is 3.26. The number of thiophene rings is 1. The number of amides is 1. The van der Waals surface area contributed by atoms with Gasteiger partial charge in [0.1, 0.15) is 4.88 Å². The fourth-order valence-corrected chi connectivity index (χ4v) is 2.96. The van der Waals surface area contributed by atoms with Crippen LogP contribution in [0.2, 0.25) is 0 Å². The SMILES string of the molecule is COC(=O)c1sccc1NC(=O)c1ccc(Cn2cccn2)cc1. The zero-order chi connectivity index (χ0) is 16.9. The molecule has 6 nitrogen and oxygen atoms in total. The second kappa shape index (κ2) is 7.10. The summed E-state index contributed by atoms with van der Waals surface area (Å²) in [7, 11) is 1.31. The molecule has 0 saturated heterocycles. The van der Waals surface area contributed by atoms with Gasteiger partial charge in [0.15, 0.2) is 0 Å². The molecule has 0 atom stereocenters. The zero-order valence-corrected chi connectivity index (χ0v) is 13.7. The molecule has 0 saturated carbocycles. The van der Waals surface area contributed by atoms with Crippen LogP contribution in [0, 0.1) is 0 Å². The van der Waals surface area contributed by atoms with Crippen molar-refractivity contribution in [2.45, 2.75) is 6.54 Å². The van der Waals surface area contributed by atoms with Crippen molar-refractivity contribution >= 4 is 28.9 Å². The van der Waals surface area contributed by atoms with Gasteiger partial charge in [-0.15, -0.1) is 11.3 Å². The molecule has 1 N–H and O–H groups in total. The molecule has 2 aromatic heterocycles. The fraction of sp³-hybridized carbons (Fsp3) is 0.118. The number of ether oxygens (including phenoxy) is 1. The molecule has 0 radical (unpaired) electrons. The topological polar surface area (TPSA) is 73.2 Å². The summed E-state index contributed by atoms with van der Waals surface area (Å²) in [6.07, 6.45) is 3.60. The molecule has 7 heteroatoms. The van der Waals surface area contributed by atoms with Crippen molar-refractivity contribution in [3.63, 3.8) is 0 Å². The maximum Gasteiger partial charge on any atom is 0.350 e. The van der Waals surface area contributed by atoms with E-state index in [0.29, 0.717) is 22.7 Å². The lowest BCUT2D eigenvalue weighted by Crippen LogP contribution is -2.14. The van der Waals surface area contributed by atoms with Gasteiger partial charge in [0.05, 0.1) is 19.3 Å². The van der Waals surface area contributed by atoms with Crippen LogP contribution in [0.25, 0.3) is 0 Å². The Morgan fingerprint density at radius 3 is 2.71 bits per heavy atom. The maximum absolute atomic E-state index is 12.3. The number of anilines is 1. The van der Waals surface area contributed by atoms with E-state index in [4.69, 9.17) is 4.74 Å². The quantitative estimate of drug-likeness (QED) is 0.724. The summed E-state index contributed by atoms with van der Waals surface area (Å²) in [5.74, 6) is -0.737. The Labute approximate surface area is 142 Å². The van der Waals surface area contributed by atoms with Gasteiger partial charge in [-0.1, -0.05) is 12.1 Å². The highest BCUT2D eigenvalue weighted by Crippen LogP contribution is 2.23. The highest BCUT2D eigenvalue weighted by atomic mass is 32.1. The van der Waals surface area contributed by atoms with E-state index in [2.05, 4.69) is 10.4 Å². The molecular formula is C17H15N3O3S. The Kier molecular flexibility index (Phi) is 4.72. The Morgan fingerprint density at radius 1 is 1.25 bits per heavy atom. The third kappa shape index (κ3) is 3.52. The van der Waals surface area contributed by atoms with E-state index in [1.165, 1.54) is 18.4 Å². The van der Waals surface area contributed by atoms with Crippen molar-refractivity contribution in [3.05, 3.63) is 70.2 Å². The van der Waals surface area contributed by atoms with Crippen LogP contribution >= 0.6 is 11.3 Å². The normalized spacial score (nSPS) is 10.4. The van der Waals surface area contributed by atoms with Gasteiger partial charge in [-0.05, 0) is 35.2 Å². The van der Waals surface area contributed by atoms with E-state index < -0.39 is 5.97 Å². The van der Waals surface area contributed by atoms with Crippen LogP contribution < -0.4 is 5.32 Å². The predicted octanol–water partition coefficient (Wildman–Crippen LogP) is 3.03. The molecule has 0 aliphatic carbocycles. The summed E-state index contributed by atoms with van der Waals surface area (Å²) < 4.78 is 6.51. The van der Waals surface area contributed by atoms with Gasteiger partial charge >= 0.3 is 5.97 Å². The summed E-state index contributed by atoms with van der Waals surface area (Å²) in [4.78, 5) is 24.3. The zero-order valence-electron chi connectivity index (χ0n) is 12.9. The first-order valence-corrected chi connectivity index (χ1v) is 8.09. The van der Waals surface area contributed by atoms with E-state index in [1.54, 1.807) is 29.8 Å². The third-order valence-corrected chi connectivity index (χ3v) is 4.30. The maximum atomic E-state index is 12.3. The molecule has 3 aromatic rings. The number of benzene rings is 1. The van der Waals surface area contributed by atoms with Gasteiger partial charge in [-0.2, -0.15) is 5.10 Å². The Hall–Kier alpha value is -2.93. The largest absolute Gasteiger partial charge is 0.465 e. The minimum atomic E-state index is -0.463. The van der Waals surface area contributed by atoms with Crippen molar-refractivity contribution in [2.75, 3.05) is 12.4 Å². The second-order valence-corrected chi connectivity index (χ2v) is 5.93. The first kappa shape index (κ1) is 15.9. The molecule has 0 aliphatic heterocycles. The van der Waals surface area contributed by atoms with Crippen LogP contribution in [-0.2, 0) is 11.3 Å². The van der Waals surface area contributed by atoms with Crippen molar-refractivity contribution in [3.8, 4) is 0 Å². The summed E-state index contributed by atoms with van der Waals surface area (Å²) in [6, 6.07) is 10.8. The van der Waals surface area contributed by atoms with Gasteiger partial charge in [-0.3, -0.25) is 9.48 Å². The van der Waals surface area contributed by atoms with Gasteiger partial charge in [-0.25, -0.2) is 4.79 Å². The van der Waals surface area contributed by atoms with Crippen LogP contribution in [0.5, 0.6) is 0 Å². The number of carbonyl (C=O) groups excluding carboxylic acids is 2. The Morgan fingerprint density at radius 2 is 2.04 bits per heavy atom. The fourth-order valence-electron chi connectivity index (χ4n) is 2.20. The second-order valence-electron chi connectivity index (χ2n) is 5.01. The number of nitrogens with zero attached hydrogens (tertiary/aromatic N) is 2. The van der Waals surface area contributed by atoms with Crippen LogP contribution in [0.4, 0.5) is 5.69 Å². The van der Waals surface area contributed by atoms with Gasteiger partial charge in [0.25, 0.3) is 5.91 Å². The summed E-state index contributed by atoms with van der Waals surface area (Å²) in [5.41, 5.74) is 2.01. The molecule has 122 valence electrons. The number of carbonyl (C=O) groups is 2. The molecule has 0 unspecified atom stereocenters. The standard InChI is InChI=1S/C17H15N3O3S/c1-23-17(22)15-14(7-10-24-15)19-16(21)13-5-3-12(4-6-13)11-20-9-2-8-18-20/h2-10H,11H2,1H3,(H,19,21). The molecule has 2 heterocycles. The van der Waals surface area contributed by atoms with E-state index in [-0.39, 0.29) is 5.91 Å². The molecule has 3 rings (SSSR count). The van der Waals surface area contributed by atoms with Crippen LogP contribution in [0.1, 0.15) is 25.6 Å². The number of hydrogen-bond acceptors (Lipinski definition) is 5. The summed E-state index contributed by atoms with van der Waals surface area (Å²) in [5, 5.41) is 8.62. The first-order chi connectivity index (χ1) is 11.7. The Bertz CT molecular complexity index is 838.